The van der Waals surface area contributed by atoms with Gasteiger partial charge in [0, 0.05) is 29.2 Å². The van der Waals surface area contributed by atoms with Gasteiger partial charge in [-0.25, -0.2) is 9.50 Å². The molecule has 0 aliphatic carbocycles. The molecular formula is C20H26N4O. The zero-order chi connectivity index (χ0) is 18.0. The summed E-state index contributed by atoms with van der Waals surface area (Å²) in [6.07, 6.45) is 3.25. The Morgan fingerprint density at radius 1 is 1.28 bits per heavy atom. The van der Waals surface area contributed by atoms with Gasteiger partial charge in [-0.2, -0.15) is 5.10 Å². The number of aromatic nitrogens is 3. The van der Waals surface area contributed by atoms with Crippen LogP contribution in [0.5, 0.6) is 0 Å². The molecule has 0 aliphatic heterocycles. The van der Waals surface area contributed by atoms with Gasteiger partial charge in [-0.1, -0.05) is 25.5 Å². The van der Waals surface area contributed by atoms with E-state index in [4.69, 9.17) is 4.98 Å². The number of nitrogens with zero attached hydrogens (tertiary/aromatic N) is 3. The van der Waals surface area contributed by atoms with Crippen LogP contribution in [0.25, 0.3) is 16.6 Å². The van der Waals surface area contributed by atoms with Crippen molar-refractivity contribution in [1.82, 2.24) is 19.9 Å². The largest absolute Gasteiger partial charge is 0.354 e. The monoisotopic (exact) mass is 338 g/mol. The predicted octanol–water partition coefficient (Wildman–Crippen LogP) is 3.74. The van der Waals surface area contributed by atoms with Crippen molar-refractivity contribution in [1.29, 1.82) is 0 Å². The molecule has 0 fully saturated rings. The zero-order valence-electron chi connectivity index (χ0n) is 15.5. The molecule has 2 heterocycles. The molecule has 1 atom stereocenters. The summed E-state index contributed by atoms with van der Waals surface area (Å²) in [4.78, 5) is 16.9. The average molecular weight is 338 g/mol. The van der Waals surface area contributed by atoms with Crippen LogP contribution in [0.4, 0.5) is 0 Å². The van der Waals surface area contributed by atoms with Crippen molar-refractivity contribution < 1.29 is 4.79 Å². The van der Waals surface area contributed by atoms with Crippen LogP contribution in [0.2, 0.25) is 0 Å². The molecule has 0 bridgehead atoms. The van der Waals surface area contributed by atoms with Gasteiger partial charge >= 0.3 is 0 Å². The predicted molar refractivity (Wildman–Crippen MR) is 101 cm³/mol. The van der Waals surface area contributed by atoms with E-state index in [-0.39, 0.29) is 11.9 Å². The van der Waals surface area contributed by atoms with E-state index >= 15 is 0 Å². The second-order valence-electron chi connectivity index (χ2n) is 6.77. The molecule has 5 nitrogen and oxygen atoms in total. The number of carbonyl (C=O) groups excluding carboxylic acids is 1. The van der Waals surface area contributed by atoms with Crippen molar-refractivity contribution >= 4 is 22.5 Å². The smallest absolute Gasteiger partial charge is 0.220 e. The molecule has 0 spiro atoms. The second-order valence-corrected chi connectivity index (χ2v) is 6.77. The van der Waals surface area contributed by atoms with Crippen molar-refractivity contribution in [2.24, 2.45) is 0 Å². The molecule has 5 heteroatoms. The Morgan fingerprint density at radius 2 is 2.04 bits per heavy atom. The lowest BCUT2D eigenvalue weighted by molar-refractivity contribution is -0.121. The summed E-state index contributed by atoms with van der Waals surface area (Å²) in [5.74, 6) is 0.102. The lowest BCUT2D eigenvalue weighted by Crippen LogP contribution is -2.32. The molecule has 1 N–H and O–H groups in total. The molecule has 1 amide bonds. The minimum atomic E-state index is 0.102. The van der Waals surface area contributed by atoms with Gasteiger partial charge in [-0.05, 0) is 51.3 Å². The summed E-state index contributed by atoms with van der Waals surface area (Å²) in [5.41, 5.74) is 4.98. The molecule has 0 saturated heterocycles. The Hall–Kier alpha value is -2.43. The van der Waals surface area contributed by atoms with E-state index in [0.717, 1.165) is 46.3 Å². The first kappa shape index (κ1) is 17.4. The topological polar surface area (TPSA) is 59.3 Å². The van der Waals surface area contributed by atoms with Crippen molar-refractivity contribution in [3.05, 3.63) is 41.2 Å². The van der Waals surface area contributed by atoms with E-state index in [1.54, 1.807) is 0 Å². The summed E-state index contributed by atoms with van der Waals surface area (Å²) in [7, 11) is 0. The third-order valence-electron chi connectivity index (χ3n) is 4.75. The van der Waals surface area contributed by atoms with Gasteiger partial charge in [0.1, 0.15) is 0 Å². The van der Waals surface area contributed by atoms with E-state index in [0.29, 0.717) is 12.8 Å². The number of carbonyl (C=O) groups is 1. The molecule has 0 saturated carbocycles. The molecule has 1 unspecified atom stereocenters. The van der Waals surface area contributed by atoms with Gasteiger partial charge in [0.2, 0.25) is 5.91 Å². The maximum Gasteiger partial charge on any atom is 0.220 e. The fourth-order valence-electron chi connectivity index (χ4n) is 3.43. The molecule has 1 aromatic carbocycles. The zero-order valence-corrected chi connectivity index (χ0v) is 15.5. The molecule has 25 heavy (non-hydrogen) atoms. The average Bonchev–Trinajstić information content (AvgIpc) is 2.94. The first-order chi connectivity index (χ1) is 12.0. The van der Waals surface area contributed by atoms with E-state index in [2.05, 4.69) is 31.2 Å². The van der Waals surface area contributed by atoms with E-state index in [1.165, 1.54) is 0 Å². The Bertz CT molecular complexity index is 913. The molecule has 132 valence electrons. The normalized spacial score (nSPS) is 12.6. The number of aryl methyl sites for hydroxylation is 2. The SMILES string of the molecule is CCCC(C)NC(=O)CCc1c(C)nc2c3ccccc3nn2c1C. The van der Waals surface area contributed by atoms with E-state index < -0.39 is 0 Å². The molecule has 2 aromatic heterocycles. The maximum absolute atomic E-state index is 12.2. The molecule has 3 aromatic rings. The van der Waals surface area contributed by atoms with Crippen LogP contribution in [0.15, 0.2) is 24.3 Å². The van der Waals surface area contributed by atoms with Crippen LogP contribution >= 0.6 is 0 Å². The number of hydrogen-bond acceptors (Lipinski definition) is 3. The molecule has 0 aliphatic rings. The minimum Gasteiger partial charge on any atom is -0.354 e. The molecule has 3 rings (SSSR count). The number of fused-ring (bicyclic) bond motifs is 3. The Labute approximate surface area is 148 Å². The van der Waals surface area contributed by atoms with Gasteiger partial charge in [-0.3, -0.25) is 4.79 Å². The van der Waals surface area contributed by atoms with Crippen molar-refractivity contribution in [3.63, 3.8) is 0 Å². The van der Waals surface area contributed by atoms with Gasteiger partial charge < -0.3 is 5.32 Å². The van der Waals surface area contributed by atoms with E-state index in [9.17, 15) is 4.79 Å². The van der Waals surface area contributed by atoms with Crippen LogP contribution < -0.4 is 5.32 Å². The fraction of sp³-hybridized carbons (Fsp3) is 0.450. The minimum absolute atomic E-state index is 0.102. The molecule has 0 radical (unpaired) electrons. The number of benzene rings is 1. The van der Waals surface area contributed by atoms with Gasteiger partial charge in [0.15, 0.2) is 5.65 Å². The number of hydrogen-bond donors (Lipinski definition) is 1. The lowest BCUT2D eigenvalue weighted by atomic mass is 10.1. The van der Waals surface area contributed by atoms with Crippen molar-refractivity contribution in [2.75, 3.05) is 0 Å². The molecular weight excluding hydrogens is 312 g/mol. The first-order valence-corrected chi connectivity index (χ1v) is 9.04. The van der Waals surface area contributed by atoms with E-state index in [1.807, 2.05) is 35.7 Å². The van der Waals surface area contributed by atoms with Gasteiger partial charge in [0.25, 0.3) is 0 Å². The summed E-state index contributed by atoms with van der Waals surface area (Å²) < 4.78 is 1.91. The summed E-state index contributed by atoms with van der Waals surface area (Å²) in [6, 6.07) is 8.27. The van der Waals surface area contributed by atoms with Crippen LogP contribution in [0.3, 0.4) is 0 Å². The van der Waals surface area contributed by atoms with Crippen molar-refractivity contribution in [2.45, 2.75) is 59.4 Å². The van der Waals surface area contributed by atoms with Crippen LogP contribution in [0, 0.1) is 13.8 Å². The summed E-state index contributed by atoms with van der Waals surface area (Å²) >= 11 is 0. The third-order valence-corrected chi connectivity index (χ3v) is 4.75. The maximum atomic E-state index is 12.2. The number of amides is 1. The van der Waals surface area contributed by atoms with Gasteiger partial charge in [0.05, 0.1) is 5.52 Å². The second kappa shape index (κ2) is 7.21. The highest BCUT2D eigenvalue weighted by molar-refractivity contribution is 5.92. The Balaban J connectivity index is 1.84. The van der Waals surface area contributed by atoms with Gasteiger partial charge in [-0.15, -0.1) is 0 Å². The van der Waals surface area contributed by atoms with Crippen LogP contribution in [0.1, 0.15) is 50.1 Å². The van der Waals surface area contributed by atoms with Crippen LogP contribution in [-0.4, -0.2) is 26.5 Å². The summed E-state index contributed by atoms with van der Waals surface area (Å²) in [6.45, 7) is 8.26. The quantitative estimate of drug-likeness (QED) is 0.745. The lowest BCUT2D eigenvalue weighted by Gasteiger charge is -2.14. The first-order valence-electron chi connectivity index (χ1n) is 9.04. The fourth-order valence-corrected chi connectivity index (χ4v) is 3.43. The third kappa shape index (κ3) is 3.50. The Kier molecular flexibility index (Phi) is 5.02. The number of nitrogens with one attached hydrogen (secondary N) is 1. The summed E-state index contributed by atoms with van der Waals surface area (Å²) in [5, 5.41) is 8.80. The Morgan fingerprint density at radius 3 is 2.80 bits per heavy atom. The number of rotatable bonds is 6. The standard InChI is InChI=1S/C20H26N4O/c1-5-8-13(2)21-19(25)12-11-16-14(3)22-20-17-9-6-7-10-18(17)23-24(20)15(16)4/h6-7,9-10,13H,5,8,11-12H2,1-4H3,(H,21,25). The van der Waals surface area contributed by atoms with Crippen LogP contribution in [-0.2, 0) is 11.2 Å². The highest BCUT2D eigenvalue weighted by Crippen LogP contribution is 2.22. The highest BCUT2D eigenvalue weighted by Gasteiger charge is 2.15. The van der Waals surface area contributed by atoms with Crippen molar-refractivity contribution in [3.8, 4) is 0 Å². The highest BCUT2D eigenvalue weighted by atomic mass is 16.1.